The first-order valence-corrected chi connectivity index (χ1v) is 6.43. The van der Waals surface area contributed by atoms with Gasteiger partial charge in [-0.25, -0.2) is 0 Å². The maximum atomic E-state index is 5.58. The van der Waals surface area contributed by atoms with Crippen LogP contribution in [0.2, 0.25) is 0 Å². The lowest BCUT2D eigenvalue weighted by atomic mass is 10.3. The van der Waals surface area contributed by atoms with E-state index in [9.17, 15) is 0 Å². The Morgan fingerprint density at radius 1 is 1.12 bits per heavy atom. The van der Waals surface area contributed by atoms with Gasteiger partial charge in [-0.1, -0.05) is 6.92 Å². The van der Waals surface area contributed by atoms with E-state index in [1.54, 1.807) is 0 Å². The van der Waals surface area contributed by atoms with Crippen LogP contribution in [0.1, 0.15) is 13.3 Å². The summed E-state index contributed by atoms with van der Waals surface area (Å²) in [6, 6.07) is 0. The van der Waals surface area contributed by atoms with Crippen LogP contribution in [-0.4, -0.2) is 69.0 Å². The van der Waals surface area contributed by atoms with Gasteiger partial charge in [-0.15, -0.1) is 0 Å². The first-order valence-electron chi connectivity index (χ1n) is 6.43. The fourth-order valence-electron chi connectivity index (χ4n) is 2.03. The van der Waals surface area contributed by atoms with Crippen molar-refractivity contribution in [3.05, 3.63) is 0 Å². The zero-order chi connectivity index (χ0) is 11.6. The van der Waals surface area contributed by atoms with Crippen molar-refractivity contribution in [3.8, 4) is 0 Å². The van der Waals surface area contributed by atoms with E-state index in [4.69, 9.17) is 5.73 Å². The lowest BCUT2D eigenvalue weighted by molar-refractivity contribution is 0.0820. The van der Waals surface area contributed by atoms with Crippen LogP contribution in [0.3, 0.4) is 0 Å². The average molecular weight is 229 g/mol. The molecule has 0 aliphatic carbocycles. The number of nitrogens with zero attached hydrogens (tertiary/aromatic N) is 2. The Labute approximate surface area is 99.3 Å². The van der Waals surface area contributed by atoms with Gasteiger partial charge in [-0.2, -0.15) is 0 Å². The highest BCUT2D eigenvalue weighted by Gasteiger charge is 2.15. The molecule has 0 aromatic carbocycles. The molecule has 0 amide bonds. The smallest absolute Gasteiger partial charge is 0.0518 e. The van der Waals surface area contributed by atoms with Crippen LogP contribution in [0, 0.1) is 0 Å². The molecule has 0 aromatic rings. The predicted octanol–water partition coefficient (Wildman–Crippen LogP) is -0.933. The van der Waals surface area contributed by atoms with E-state index < -0.39 is 0 Å². The predicted molar refractivity (Wildman–Crippen MR) is 68.2 cm³/mol. The molecule has 1 aliphatic rings. The lowest BCUT2D eigenvalue weighted by Gasteiger charge is -2.35. The summed E-state index contributed by atoms with van der Waals surface area (Å²) in [5.74, 6) is 0. The quantitative estimate of drug-likeness (QED) is 0.469. The third-order valence-corrected chi connectivity index (χ3v) is 2.86. The molecule has 0 atom stereocenters. The molecule has 1 rings (SSSR count). The Bertz CT molecular complexity index is 162. The molecule has 1 heterocycles. The van der Waals surface area contributed by atoms with Gasteiger partial charge in [0.1, 0.15) is 0 Å². The third kappa shape index (κ3) is 5.77. The third-order valence-electron chi connectivity index (χ3n) is 2.86. The van der Waals surface area contributed by atoms with E-state index in [0.717, 1.165) is 46.1 Å². The van der Waals surface area contributed by atoms with Crippen LogP contribution in [0.5, 0.6) is 0 Å². The Hall–Kier alpha value is -0.200. The molecule has 0 aromatic heterocycles. The van der Waals surface area contributed by atoms with Crippen molar-refractivity contribution >= 4 is 0 Å². The van der Waals surface area contributed by atoms with Crippen LogP contribution < -0.4 is 16.4 Å². The van der Waals surface area contributed by atoms with Gasteiger partial charge in [0.2, 0.25) is 0 Å². The molecule has 0 saturated carbocycles. The summed E-state index contributed by atoms with van der Waals surface area (Å²) in [5, 5.41) is 6.77. The van der Waals surface area contributed by atoms with Gasteiger partial charge in [-0.05, 0) is 13.0 Å². The Morgan fingerprint density at radius 3 is 2.62 bits per heavy atom. The molecule has 4 N–H and O–H groups in total. The second-order valence-electron chi connectivity index (χ2n) is 4.31. The van der Waals surface area contributed by atoms with E-state index in [0.29, 0.717) is 0 Å². The summed E-state index contributed by atoms with van der Waals surface area (Å²) < 4.78 is 0. The summed E-state index contributed by atoms with van der Waals surface area (Å²) >= 11 is 0. The zero-order valence-electron chi connectivity index (χ0n) is 10.5. The molecule has 0 radical (unpaired) electrons. The van der Waals surface area contributed by atoms with Gasteiger partial charge in [0.15, 0.2) is 0 Å². The molecule has 1 saturated heterocycles. The first kappa shape index (κ1) is 13.9. The van der Waals surface area contributed by atoms with Crippen molar-refractivity contribution in [1.29, 1.82) is 0 Å². The number of likely N-dealkylation sites (N-methyl/N-ethyl adjacent to an activating group) is 1. The maximum absolute atomic E-state index is 5.58. The summed E-state index contributed by atoms with van der Waals surface area (Å²) in [7, 11) is 0. The maximum Gasteiger partial charge on any atom is 0.0518 e. The molecule has 0 bridgehead atoms. The van der Waals surface area contributed by atoms with Crippen molar-refractivity contribution in [1.82, 2.24) is 20.4 Å². The fraction of sp³-hybridized carbons (Fsp3) is 1.00. The highest BCUT2D eigenvalue weighted by Crippen LogP contribution is 2.03. The minimum absolute atomic E-state index is 0.766. The number of nitrogens with one attached hydrogen (secondary N) is 2. The SMILES string of the molecule is CCNCCNCN1CCCN(CCN)C1. The number of rotatable bonds is 8. The molecular weight excluding hydrogens is 202 g/mol. The second-order valence-corrected chi connectivity index (χ2v) is 4.31. The van der Waals surface area contributed by atoms with E-state index in [2.05, 4.69) is 27.4 Å². The summed E-state index contributed by atoms with van der Waals surface area (Å²) in [6.45, 7) is 11.5. The normalized spacial score (nSPS) is 19.1. The Morgan fingerprint density at radius 2 is 1.88 bits per heavy atom. The second kappa shape index (κ2) is 8.90. The van der Waals surface area contributed by atoms with Gasteiger partial charge in [0.25, 0.3) is 0 Å². The molecule has 0 unspecified atom stereocenters. The van der Waals surface area contributed by atoms with Crippen LogP contribution in [0.25, 0.3) is 0 Å². The number of nitrogens with two attached hydrogens (primary N) is 1. The van der Waals surface area contributed by atoms with E-state index in [1.807, 2.05) is 0 Å². The standard InChI is InChI=1S/C11H27N5/c1-2-13-5-6-14-10-16-8-3-7-15(11-16)9-4-12/h13-14H,2-12H2,1H3. The van der Waals surface area contributed by atoms with E-state index in [1.165, 1.54) is 19.5 Å². The van der Waals surface area contributed by atoms with Gasteiger partial charge < -0.3 is 16.4 Å². The van der Waals surface area contributed by atoms with Gasteiger partial charge in [0.05, 0.1) is 6.67 Å². The molecule has 5 nitrogen and oxygen atoms in total. The molecule has 1 aliphatic heterocycles. The van der Waals surface area contributed by atoms with Crippen molar-refractivity contribution in [2.45, 2.75) is 13.3 Å². The number of hydrogen-bond donors (Lipinski definition) is 3. The first-order chi connectivity index (χ1) is 7.86. The largest absolute Gasteiger partial charge is 0.329 e. The Balaban J connectivity index is 2.02. The Kier molecular flexibility index (Phi) is 7.71. The van der Waals surface area contributed by atoms with E-state index in [-0.39, 0.29) is 0 Å². The number of hydrogen-bond acceptors (Lipinski definition) is 5. The molecule has 96 valence electrons. The molecule has 16 heavy (non-hydrogen) atoms. The van der Waals surface area contributed by atoms with E-state index >= 15 is 0 Å². The zero-order valence-corrected chi connectivity index (χ0v) is 10.5. The summed E-state index contributed by atoms with van der Waals surface area (Å²) in [5.41, 5.74) is 5.58. The van der Waals surface area contributed by atoms with Crippen LogP contribution in [0.4, 0.5) is 0 Å². The highest BCUT2D eigenvalue weighted by atomic mass is 15.4. The monoisotopic (exact) mass is 229 g/mol. The minimum Gasteiger partial charge on any atom is -0.329 e. The van der Waals surface area contributed by atoms with Gasteiger partial charge >= 0.3 is 0 Å². The fourth-order valence-corrected chi connectivity index (χ4v) is 2.03. The van der Waals surface area contributed by atoms with Crippen molar-refractivity contribution in [3.63, 3.8) is 0 Å². The summed E-state index contributed by atoms with van der Waals surface area (Å²) in [4.78, 5) is 4.88. The van der Waals surface area contributed by atoms with Crippen molar-refractivity contribution in [2.24, 2.45) is 5.73 Å². The molecule has 1 fully saturated rings. The van der Waals surface area contributed by atoms with Crippen molar-refractivity contribution < 1.29 is 0 Å². The van der Waals surface area contributed by atoms with Crippen LogP contribution >= 0.6 is 0 Å². The average Bonchev–Trinajstić information content (AvgIpc) is 2.30. The summed E-state index contributed by atoms with van der Waals surface area (Å²) in [6.07, 6.45) is 1.26. The van der Waals surface area contributed by atoms with Gasteiger partial charge in [-0.3, -0.25) is 9.80 Å². The van der Waals surface area contributed by atoms with Gasteiger partial charge in [0, 0.05) is 45.9 Å². The van der Waals surface area contributed by atoms with Crippen LogP contribution in [-0.2, 0) is 0 Å². The molecular formula is C11H27N5. The highest BCUT2D eigenvalue weighted by molar-refractivity contribution is 4.68. The molecule has 0 spiro atoms. The minimum atomic E-state index is 0.766. The molecule has 5 heteroatoms. The van der Waals surface area contributed by atoms with Crippen LogP contribution in [0.15, 0.2) is 0 Å². The lowest BCUT2D eigenvalue weighted by Crippen LogP contribution is -2.49. The van der Waals surface area contributed by atoms with Crippen molar-refractivity contribution in [2.75, 3.05) is 59.2 Å². The topological polar surface area (TPSA) is 56.6 Å².